The summed E-state index contributed by atoms with van der Waals surface area (Å²) in [6.07, 6.45) is -4.59. The molecular formula is C17H14ClF3N2O5S. The van der Waals surface area contributed by atoms with Crippen LogP contribution in [0.1, 0.15) is 10.4 Å². The maximum atomic E-state index is 12.7. The minimum absolute atomic E-state index is 0.0165. The molecule has 0 fully saturated rings. The number of alkyl halides is 3. The predicted molar refractivity (Wildman–Crippen MR) is 98.1 cm³/mol. The van der Waals surface area contributed by atoms with Gasteiger partial charge in [0.1, 0.15) is 19.8 Å². The summed E-state index contributed by atoms with van der Waals surface area (Å²) in [5.74, 6) is -0.386. The van der Waals surface area contributed by atoms with Crippen LogP contribution in [0.5, 0.6) is 11.5 Å². The SMILES string of the molecule is O=C(NCC(F)(F)F)c1cccc(S(=O)(=O)Nc2cc3c(cc2Cl)OCCO3)c1. The second-order valence-corrected chi connectivity index (χ2v) is 8.00. The Balaban J connectivity index is 1.82. The molecule has 2 aromatic carbocycles. The highest BCUT2D eigenvalue weighted by Gasteiger charge is 2.28. The van der Waals surface area contributed by atoms with Gasteiger partial charge in [0, 0.05) is 17.7 Å². The Labute approximate surface area is 168 Å². The Hall–Kier alpha value is -2.66. The zero-order valence-corrected chi connectivity index (χ0v) is 16.1. The van der Waals surface area contributed by atoms with E-state index in [9.17, 15) is 26.4 Å². The number of nitrogens with one attached hydrogen (secondary N) is 2. The Morgan fingerprint density at radius 1 is 1.10 bits per heavy atom. The lowest BCUT2D eigenvalue weighted by Gasteiger charge is -2.20. The number of anilines is 1. The second-order valence-electron chi connectivity index (χ2n) is 5.91. The third-order valence-corrected chi connectivity index (χ3v) is 5.41. The number of benzene rings is 2. The van der Waals surface area contributed by atoms with Crippen LogP contribution in [-0.2, 0) is 10.0 Å². The maximum Gasteiger partial charge on any atom is 0.405 e. The highest BCUT2D eigenvalue weighted by atomic mass is 35.5. The van der Waals surface area contributed by atoms with E-state index in [4.69, 9.17) is 21.1 Å². The molecule has 0 aliphatic carbocycles. The van der Waals surface area contributed by atoms with Crippen LogP contribution in [-0.4, -0.2) is 40.3 Å². The standard InChI is InChI=1S/C17H14ClF3N2O5S/c18-12-7-14-15(28-5-4-27-14)8-13(12)23-29(25,26)11-3-1-2-10(6-11)16(24)22-9-17(19,20)21/h1-3,6-8,23H,4-5,9H2,(H,22,24). The van der Waals surface area contributed by atoms with Crippen molar-refractivity contribution in [1.82, 2.24) is 5.32 Å². The molecule has 0 aromatic heterocycles. The second kappa shape index (κ2) is 7.99. The van der Waals surface area contributed by atoms with Crippen LogP contribution in [0.15, 0.2) is 41.3 Å². The summed E-state index contributed by atoms with van der Waals surface area (Å²) in [4.78, 5) is 11.5. The number of sulfonamides is 1. The van der Waals surface area contributed by atoms with E-state index >= 15 is 0 Å². The van der Waals surface area contributed by atoms with Crippen LogP contribution in [0.25, 0.3) is 0 Å². The van der Waals surface area contributed by atoms with Crippen molar-refractivity contribution in [2.24, 2.45) is 0 Å². The molecule has 12 heteroatoms. The zero-order chi connectivity index (χ0) is 21.2. The van der Waals surface area contributed by atoms with Crippen LogP contribution in [0.3, 0.4) is 0 Å². The summed E-state index contributed by atoms with van der Waals surface area (Å²) in [6.45, 7) is -0.915. The molecule has 0 spiro atoms. The van der Waals surface area contributed by atoms with E-state index in [1.54, 1.807) is 5.32 Å². The summed E-state index contributed by atoms with van der Waals surface area (Å²) in [5.41, 5.74) is -0.228. The lowest BCUT2D eigenvalue weighted by atomic mass is 10.2. The number of carbonyl (C=O) groups is 1. The number of fused-ring (bicyclic) bond motifs is 1. The third-order valence-electron chi connectivity index (χ3n) is 3.73. The fraction of sp³-hybridized carbons (Fsp3) is 0.235. The Kier molecular flexibility index (Phi) is 5.80. The number of hydrogen-bond donors (Lipinski definition) is 2. The lowest BCUT2D eigenvalue weighted by Crippen LogP contribution is -2.33. The molecule has 1 aliphatic rings. The largest absolute Gasteiger partial charge is 0.486 e. The minimum atomic E-state index is -4.59. The van der Waals surface area contributed by atoms with Crippen LogP contribution in [0, 0.1) is 0 Å². The van der Waals surface area contributed by atoms with Crippen molar-refractivity contribution in [3.8, 4) is 11.5 Å². The molecule has 2 aromatic rings. The van der Waals surface area contributed by atoms with Gasteiger partial charge in [-0.15, -0.1) is 0 Å². The van der Waals surface area contributed by atoms with Crippen molar-refractivity contribution in [2.45, 2.75) is 11.1 Å². The summed E-state index contributed by atoms with van der Waals surface area (Å²) in [5, 5.41) is 1.73. The molecule has 2 N–H and O–H groups in total. The average Bonchev–Trinajstić information content (AvgIpc) is 2.66. The molecule has 1 aliphatic heterocycles. The number of rotatable bonds is 5. The molecule has 156 valence electrons. The molecule has 1 heterocycles. The van der Waals surface area contributed by atoms with Gasteiger partial charge in [-0.25, -0.2) is 8.42 Å². The van der Waals surface area contributed by atoms with E-state index in [1.165, 1.54) is 30.3 Å². The molecule has 0 atom stereocenters. The van der Waals surface area contributed by atoms with Crippen LogP contribution in [0.4, 0.5) is 18.9 Å². The maximum absolute atomic E-state index is 12.7. The van der Waals surface area contributed by atoms with Crippen molar-refractivity contribution in [3.05, 3.63) is 47.0 Å². The van der Waals surface area contributed by atoms with Crippen LogP contribution in [0.2, 0.25) is 5.02 Å². The smallest absolute Gasteiger partial charge is 0.405 e. The van der Waals surface area contributed by atoms with Gasteiger partial charge in [-0.05, 0) is 18.2 Å². The molecule has 29 heavy (non-hydrogen) atoms. The summed E-state index contributed by atoms with van der Waals surface area (Å²) < 4.78 is 75.1. The molecule has 7 nitrogen and oxygen atoms in total. The summed E-state index contributed by atoms with van der Waals surface area (Å²) >= 11 is 6.09. The third kappa shape index (κ3) is 5.24. The van der Waals surface area contributed by atoms with E-state index in [0.29, 0.717) is 18.1 Å². The lowest BCUT2D eigenvalue weighted by molar-refractivity contribution is -0.123. The first-order chi connectivity index (χ1) is 13.5. The minimum Gasteiger partial charge on any atom is -0.486 e. The Morgan fingerprint density at radius 3 is 2.41 bits per heavy atom. The summed E-state index contributed by atoms with van der Waals surface area (Å²) in [6, 6.07) is 7.34. The van der Waals surface area contributed by atoms with E-state index in [2.05, 4.69) is 4.72 Å². The highest BCUT2D eigenvalue weighted by molar-refractivity contribution is 7.92. The number of amides is 1. The van der Waals surface area contributed by atoms with Crippen molar-refractivity contribution in [3.63, 3.8) is 0 Å². The van der Waals surface area contributed by atoms with E-state index in [1.807, 2.05) is 0 Å². The first-order valence-electron chi connectivity index (χ1n) is 8.12. The number of hydrogen-bond acceptors (Lipinski definition) is 5. The van der Waals surface area contributed by atoms with Gasteiger partial charge in [0.25, 0.3) is 15.9 Å². The number of halogens is 4. The van der Waals surface area contributed by atoms with E-state index < -0.39 is 28.7 Å². The first-order valence-corrected chi connectivity index (χ1v) is 9.98. The normalized spacial score (nSPS) is 13.7. The molecule has 0 saturated carbocycles. The van der Waals surface area contributed by atoms with Gasteiger partial charge in [-0.2, -0.15) is 13.2 Å². The van der Waals surface area contributed by atoms with Crippen molar-refractivity contribution in [2.75, 3.05) is 24.5 Å². The fourth-order valence-corrected chi connectivity index (χ4v) is 3.81. The van der Waals surface area contributed by atoms with Gasteiger partial charge in [-0.3, -0.25) is 9.52 Å². The molecule has 0 unspecified atom stereocenters. The zero-order valence-electron chi connectivity index (χ0n) is 14.5. The van der Waals surface area contributed by atoms with Crippen LogP contribution >= 0.6 is 11.6 Å². The number of ether oxygens (including phenoxy) is 2. The van der Waals surface area contributed by atoms with Gasteiger partial charge in [0.2, 0.25) is 0 Å². The molecule has 3 rings (SSSR count). The molecule has 0 bridgehead atoms. The average molecular weight is 451 g/mol. The molecular weight excluding hydrogens is 437 g/mol. The van der Waals surface area contributed by atoms with E-state index in [0.717, 1.165) is 6.07 Å². The number of carbonyl (C=O) groups excluding carboxylic acids is 1. The molecule has 0 radical (unpaired) electrons. The molecule has 1 amide bonds. The fourth-order valence-electron chi connectivity index (χ4n) is 2.43. The predicted octanol–water partition coefficient (Wildman–Crippen LogP) is 3.20. The monoisotopic (exact) mass is 450 g/mol. The van der Waals surface area contributed by atoms with Crippen molar-refractivity contribution < 1.29 is 35.9 Å². The van der Waals surface area contributed by atoms with E-state index in [-0.39, 0.29) is 27.8 Å². The Bertz CT molecular complexity index is 1040. The summed E-state index contributed by atoms with van der Waals surface area (Å²) in [7, 11) is -4.19. The van der Waals surface area contributed by atoms with Gasteiger partial charge < -0.3 is 14.8 Å². The van der Waals surface area contributed by atoms with Gasteiger partial charge in [0.05, 0.1) is 15.6 Å². The van der Waals surface area contributed by atoms with Crippen LogP contribution < -0.4 is 19.5 Å². The first kappa shape index (κ1) is 21.1. The van der Waals surface area contributed by atoms with Gasteiger partial charge in [0.15, 0.2) is 11.5 Å². The van der Waals surface area contributed by atoms with Crippen molar-refractivity contribution in [1.29, 1.82) is 0 Å². The highest BCUT2D eigenvalue weighted by Crippen LogP contribution is 2.38. The Morgan fingerprint density at radius 2 is 1.76 bits per heavy atom. The van der Waals surface area contributed by atoms with Gasteiger partial charge in [-0.1, -0.05) is 17.7 Å². The molecule has 0 saturated heterocycles. The van der Waals surface area contributed by atoms with Gasteiger partial charge >= 0.3 is 6.18 Å². The van der Waals surface area contributed by atoms with Crippen molar-refractivity contribution >= 4 is 33.2 Å². The quantitative estimate of drug-likeness (QED) is 0.729. The topological polar surface area (TPSA) is 93.7 Å².